The van der Waals surface area contributed by atoms with Gasteiger partial charge >= 0.3 is 18.9 Å². The van der Waals surface area contributed by atoms with E-state index in [1.54, 1.807) is 14.0 Å². The van der Waals surface area contributed by atoms with E-state index in [0.717, 1.165) is 0 Å². The molecule has 0 aliphatic heterocycles. The van der Waals surface area contributed by atoms with Gasteiger partial charge in [0, 0.05) is 12.8 Å². The van der Waals surface area contributed by atoms with Crippen LogP contribution in [0.4, 0.5) is 0 Å². The van der Waals surface area contributed by atoms with Crippen molar-refractivity contribution >= 4 is 16.0 Å². The molecule has 0 aromatic rings. The quantitative estimate of drug-likeness (QED) is 0.306. The van der Waals surface area contributed by atoms with Crippen LogP contribution in [-0.2, 0) is 14.9 Å². The van der Waals surface area contributed by atoms with Crippen LogP contribution in [0, 0.1) is 0 Å². The maximum Gasteiger partial charge on any atom is 1.00 e. The average Bonchev–Trinajstić information content (AvgIpc) is 2.02. The van der Waals surface area contributed by atoms with E-state index in [0.29, 0.717) is 6.42 Å². The fraction of sp³-hybridized carbons (Fsp3) is 0.571. The van der Waals surface area contributed by atoms with E-state index in [9.17, 15) is 17.8 Å². The predicted molar refractivity (Wildman–Crippen MR) is 49.1 cm³/mol. The van der Waals surface area contributed by atoms with Crippen molar-refractivity contribution in [2.24, 2.45) is 0 Å². The summed E-state index contributed by atoms with van der Waals surface area (Å²) >= 11 is 0. The van der Waals surface area contributed by atoms with Gasteiger partial charge in [0.15, 0.2) is 0 Å². The van der Waals surface area contributed by atoms with Crippen LogP contribution < -0.4 is 24.2 Å². The van der Waals surface area contributed by atoms with Crippen molar-refractivity contribution < 1.29 is 36.6 Å². The molecular weight excluding hydrogens is 201 g/mol. The molecule has 0 saturated heterocycles. The molecule has 0 unspecified atom stereocenters. The minimum absolute atomic E-state index is 0. The summed E-state index contributed by atoms with van der Waals surface area (Å²) in [6.07, 6.45) is 1.63. The zero-order valence-electron chi connectivity index (χ0n) is 8.74. The molecule has 7 heteroatoms. The summed E-state index contributed by atoms with van der Waals surface area (Å²) in [6, 6.07) is 0. The zero-order valence-corrected chi connectivity index (χ0v) is 9.56. The normalized spacial score (nSPS) is 8.79. The molecule has 5 nitrogen and oxygen atoms in total. The maximum atomic E-state index is 9.95. The van der Waals surface area contributed by atoms with Crippen LogP contribution in [0.25, 0.3) is 0 Å². The number of carbonyl (C=O) groups excluding carboxylic acids is 1. The molecule has 0 bridgehead atoms. The van der Waals surface area contributed by atoms with Crippen LogP contribution in [0.1, 0.15) is 13.3 Å². The SMILES string of the molecule is C=CC(=O)NC.CCCS(=O)(=O)[O-].[Li+]. The third-order valence-corrected chi connectivity index (χ3v) is 1.79. The van der Waals surface area contributed by atoms with Crippen molar-refractivity contribution in [1.82, 2.24) is 5.32 Å². The Morgan fingerprint density at radius 1 is 1.57 bits per heavy atom. The average molecular weight is 215 g/mol. The van der Waals surface area contributed by atoms with Gasteiger partial charge in [0.1, 0.15) is 0 Å². The van der Waals surface area contributed by atoms with E-state index < -0.39 is 10.1 Å². The Morgan fingerprint density at radius 2 is 2.00 bits per heavy atom. The second-order valence-corrected chi connectivity index (χ2v) is 3.60. The van der Waals surface area contributed by atoms with Gasteiger partial charge in [-0.25, -0.2) is 8.42 Å². The Kier molecular flexibility index (Phi) is 14.9. The molecule has 0 aliphatic rings. The van der Waals surface area contributed by atoms with Gasteiger partial charge in [-0.15, -0.1) is 0 Å². The number of rotatable bonds is 3. The van der Waals surface area contributed by atoms with E-state index in [4.69, 9.17) is 0 Å². The van der Waals surface area contributed by atoms with Crippen molar-refractivity contribution in [1.29, 1.82) is 0 Å². The van der Waals surface area contributed by atoms with Crippen molar-refractivity contribution in [2.75, 3.05) is 12.8 Å². The van der Waals surface area contributed by atoms with Crippen LogP contribution >= 0.6 is 0 Å². The summed E-state index contributed by atoms with van der Waals surface area (Å²) in [5, 5.41) is 2.36. The number of carbonyl (C=O) groups is 1. The third kappa shape index (κ3) is 22.6. The van der Waals surface area contributed by atoms with Crippen LogP contribution in [0.2, 0.25) is 0 Å². The Balaban J connectivity index is -0.000000163. The van der Waals surface area contributed by atoms with Crippen molar-refractivity contribution in [3.8, 4) is 0 Å². The van der Waals surface area contributed by atoms with Crippen LogP contribution in [0.3, 0.4) is 0 Å². The van der Waals surface area contributed by atoms with Gasteiger partial charge in [-0.3, -0.25) is 4.79 Å². The predicted octanol–water partition coefficient (Wildman–Crippen LogP) is -3.14. The molecule has 0 atom stereocenters. The summed E-state index contributed by atoms with van der Waals surface area (Å²) in [6.45, 7) is 4.87. The van der Waals surface area contributed by atoms with Gasteiger partial charge in [-0.1, -0.05) is 13.5 Å². The number of hydrogen-bond acceptors (Lipinski definition) is 4. The standard InChI is InChI=1S/C4H7NO.C3H8O3S.Li/c1-3-4(6)5-2;1-2-3-7(4,5)6;/h3H,1H2,2H3,(H,5,6);2-3H2,1H3,(H,4,5,6);/q;;+1/p-1. The first-order chi connectivity index (χ1) is 5.87. The molecule has 0 spiro atoms. The second kappa shape index (κ2) is 10.8. The summed E-state index contributed by atoms with van der Waals surface area (Å²) in [7, 11) is -2.36. The number of hydrogen-bond donors (Lipinski definition) is 1. The summed E-state index contributed by atoms with van der Waals surface area (Å²) < 4.78 is 29.0. The molecule has 0 saturated carbocycles. The first-order valence-corrected chi connectivity index (χ1v) is 5.22. The molecule has 14 heavy (non-hydrogen) atoms. The van der Waals surface area contributed by atoms with E-state index in [1.165, 1.54) is 6.08 Å². The maximum absolute atomic E-state index is 9.95. The molecule has 0 aromatic carbocycles. The van der Waals surface area contributed by atoms with E-state index >= 15 is 0 Å². The fourth-order valence-electron chi connectivity index (χ4n) is 0.352. The topological polar surface area (TPSA) is 86.3 Å². The molecule has 0 radical (unpaired) electrons. The summed E-state index contributed by atoms with van der Waals surface area (Å²) in [5.74, 6) is -0.387. The Bertz CT molecular complexity index is 250. The van der Waals surface area contributed by atoms with E-state index in [2.05, 4.69) is 11.9 Å². The molecule has 1 N–H and O–H groups in total. The number of amides is 1. The molecule has 0 aliphatic carbocycles. The van der Waals surface area contributed by atoms with Crippen LogP contribution in [0.5, 0.6) is 0 Å². The van der Waals surface area contributed by atoms with Gasteiger partial charge in [-0.05, 0) is 12.5 Å². The molecule has 0 rings (SSSR count). The second-order valence-electron chi connectivity index (χ2n) is 2.08. The van der Waals surface area contributed by atoms with Crippen LogP contribution in [0.15, 0.2) is 12.7 Å². The first-order valence-electron chi connectivity index (χ1n) is 3.65. The minimum atomic E-state index is -3.92. The monoisotopic (exact) mass is 215 g/mol. The Labute approximate surface area is 96.9 Å². The zero-order chi connectivity index (χ0) is 10.9. The van der Waals surface area contributed by atoms with Gasteiger partial charge in [0.25, 0.3) is 0 Å². The van der Waals surface area contributed by atoms with Crippen LogP contribution in [-0.4, -0.2) is 31.7 Å². The van der Waals surface area contributed by atoms with Gasteiger partial charge in [0.05, 0.1) is 10.1 Å². The summed E-state index contributed by atoms with van der Waals surface area (Å²) in [5.41, 5.74) is 0. The van der Waals surface area contributed by atoms with E-state index in [-0.39, 0.29) is 30.5 Å². The molecule has 0 heterocycles. The van der Waals surface area contributed by atoms with Gasteiger partial charge in [0.2, 0.25) is 5.91 Å². The van der Waals surface area contributed by atoms with Crippen molar-refractivity contribution in [2.45, 2.75) is 13.3 Å². The van der Waals surface area contributed by atoms with Crippen molar-refractivity contribution in [3.63, 3.8) is 0 Å². The third-order valence-electron chi connectivity index (χ3n) is 0.886. The largest absolute Gasteiger partial charge is 1.00 e. The van der Waals surface area contributed by atoms with Gasteiger partial charge < -0.3 is 9.87 Å². The number of nitrogens with one attached hydrogen (secondary N) is 1. The first kappa shape index (κ1) is 19.3. The molecule has 1 amide bonds. The molecule has 78 valence electrons. The fourth-order valence-corrected chi connectivity index (χ4v) is 0.852. The van der Waals surface area contributed by atoms with Gasteiger partial charge in [-0.2, -0.15) is 0 Å². The van der Waals surface area contributed by atoms with E-state index in [1.807, 2.05) is 0 Å². The molecule has 0 fully saturated rings. The Hall–Kier alpha value is -0.283. The minimum Gasteiger partial charge on any atom is -0.748 e. The summed E-state index contributed by atoms with van der Waals surface area (Å²) in [4.78, 5) is 9.95. The molecular formula is C7H14LiNO4S. The number of likely N-dealkylation sites (N-methyl/N-ethyl adjacent to an activating group) is 1. The van der Waals surface area contributed by atoms with Crippen molar-refractivity contribution in [3.05, 3.63) is 12.7 Å². The molecule has 0 aromatic heterocycles. The Morgan fingerprint density at radius 3 is 2.00 bits per heavy atom. The smallest absolute Gasteiger partial charge is 0.748 e.